The Morgan fingerprint density at radius 2 is 2.06 bits per heavy atom. The molecule has 86 valence electrons. The first-order chi connectivity index (χ1) is 7.53. The molecule has 1 aromatic rings. The van der Waals surface area contributed by atoms with Gasteiger partial charge in [0.1, 0.15) is 0 Å². The molecule has 0 spiro atoms. The summed E-state index contributed by atoms with van der Waals surface area (Å²) in [5.74, 6) is -0.736. The van der Waals surface area contributed by atoms with E-state index < -0.39 is 11.4 Å². The van der Waals surface area contributed by atoms with Crippen LogP contribution in [0.25, 0.3) is 0 Å². The van der Waals surface area contributed by atoms with E-state index in [1.165, 1.54) is 0 Å². The van der Waals surface area contributed by atoms with E-state index in [1.807, 2.05) is 0 Å². The molecule has 3 nitrogen and oxygen atoms in total. The summed E-state index contributed by atoms with van der Waals surface area (Å²) in [5.41, 5.74) is 0.216. The van der Waals surface area contributed by atoms with E-state index in [-0.39, 0.29) is 0 Å². The first-order valence-corrected chi connectivity index (χ1v) is 5.71. The van der Waals surface area contributed by atoms with Gasteiger partial charge in [0.2, 0.25) is 0 Å². The van der Waals surface area contributed by atoms with Gasteiger partial charge in [0.25, 0.3) is 0 Å². The standard InChI is InChI=1S/C11H11Cl2NO2/c12-8-2-1-7(5-9(8)13)14-6-11(3-4-11)10(15)16/h1-2,5,14H,3-4,6H2,(H,15,16). The molecule has 0 atom stereocenters. The molecule has 1 aliphatic carbocycles. The fourth-order valence-corrected chi connectivity index (χ4v) is 1.79. The van der Waals surface area contributed by atoms with Crippen molar-refractivity contribution in [1.82, 2.24) is 0 Å². The Morgan fingerprint density at radius 1 is 1.38 bits per heavy atom. The number of anilines is 1. The van der Waals surface area contributed by atoms with E-state index in [4.69, 9.17) is 28.3 Å². The highest BCUT2D eigenvalue weighted by Gasteiger charge is 2.49. The molecule has 0 unspecified atom stereocenters. The predicted molar refractivity (Wildman–Crippen MR) is 64.3 cm³/mol. The highest BCUT2D eigenvalue weighted by molar-refractivity contribution is 6.42. The Morgan fingerprint density at radius 3 is 2.56 bits per heavy atom. The van der Waals surface area contributed by atoms with Gasteiger partial charge in [0.15, 0.2) is 0 Å². The molecule has 0 amide bonds. The van der Waals surface area contributed by atoms with Gasteiger partial charge in [0.05, 0.1) is 15.5 Å². The second kappa shape index (κ2) is 4.15. The van der Waals surface area contributed by atoms with Crippen LogP contribution in [0.15, 0.2) is 18.2 Å². The van der Waals surface area contributed by atoms with Crippen LogP contribution in [0.1, 0.15) is 12.8 Å². The molecule has 1 fully saturated rings. The highest BCUT2D eigenvalue weighted by atomic mass is 35.5. The summed E-state index contributed by atoms with van der Waals surface area (Å²) in [5, 5.41) is 13.0. The minimum atomic E-state index is -0.736. The minimum Gasteiger partial charge on any atom is -0.481 e. The maximum absolute atomic E-state index is 10.9. The van der Waals surface area contributed by atoms with E-state index >= 15 is 0 Å². The third-order valence-electron chi connectivity index (χ3n) is 2.86. The third-order valence-corrected chi connectivity index (χ3v) is 3.60. The van der Waals surface area contributed by atoms with Gasteiger partial charge in [-0.2, -0.15) is 0 Å². The lowest BCUT2D eigenvalue weighted by atomic mass is 10.1. The van der Waals surface area contributed by atoms with Crippen molar-refractivity contribution in [3.8, 4) is 0 Å². The van der Waals surface area contributed by atoms with Crippen molar-refractivity contribution < 1.29 is 9.90 Å². The number of carbonyl (C=O) groups is 1. The molecular weight excluding hydrogens is 249 g/mol. The molecule has 1 aliphatic rings. The van der Waals surface area contributed by atoms with Gasteiger partial charge in [0, 0.05) is 12.2 Å². The fourth-order valence-electron chi connectivity index (χ4n) is 1.49. The molecule has 1 saturated carbocycles. The Kier molecular flexibility index (Phi) is 3.00. The zero-order valence-corrected chi connectivity index (χ0v) is 9.98. The SMILES string of the molecule is O=C(O)C1(CNc2ccc(Cl)c(Cl)c2)CC1. The third kappa shape index (κ3) is 2.25. The van der Waals surface area contributed by atoms with Crippen molar-refractivity contribution >= 4 is 34.9 Å². The van der Waals surface area contributed by atoms with Crippen LogP contribution in [0.4, 0.5) is 5.69 Å². The van der Waals surface area contributed by atoms with Crippen LogP contribution in [0, 0.1) is 5.41 Å². The van der Waals surface area contributed by atoms with E-state index in [0.29, 0.717) is 16.6 Å². The molecule has 0 bridgehead atoms. The number of aliphatic carboxylic acids is 1. The normalized spacial score (nSPS) is 16.9. The Balaban J connectivity index is 2.00. The fraction of sp³-hybridized carbons (Fsp3) is 0.364. The first kappa shape index (κ1) is 11.6. The Hall–Kier alpha value is -0.930. The molecule has 16 heavy (non-hydrogen) atoms. The summed E-state index contributed by atoms with van der Waals surface area (Å²) in [4.78, 5) is 10.9. The molecule has 2 N–H and O–H groups in total. The first-order valence-electron chi connectivity index (χ1n) is 4.96. The summed E-state index contributed by atoms with van der Waals surface area (Å²) >= 11 is 11.6. The zero-order valence-electron chi connectivity index (χ0n) is 8.46. The number of halogens is 2. The van der Waals surface area contributed by atoms with E-state index in [9.17, 15) is 4.79 Å². The number of carboxylic acids is 1. The zero-order chi connectivity index (χ0) is 11.8. The van der Waals surface area contributed by atoms with Crippen LogP contribution in [0.5, 0.6) is 0 Å². The molecule has 0 heterocycles. The summed E-state index contributed by atoms with van der Waals surface area (Å²) in [6, 6.07) is 5.17. The van der Waals surface area contributed by atoms with Crippen LogP contribution in [0.2, 0.25) is 10.0 Å². The number of carboxylic acid groups (broad SMARTS) is 1. The summed E-state index contributed by atoms with van der Waals surface area (Å²) in [7, 11) is 0. The van der Waals surface area contributed by atoms with Gasteiger partial charge < -0.3 is 10.4 Å². The molecule has 0 aliphatic heterocycles. The van der Waals surface area contributed by atoms with Gasteiger partial charge in [-0.25, -0.2) is 0 Å². The predicted octanol–water partition coefficient (Wildman–Crippen LogP) is 3.27. The molecule has 2 rings (SSSR count). The Bertz CT molecular complexity index is 430. The van der Waals surface area contributed by atoms with Crippen LogP contribution >= 0.6 is 23.2 Å². The van der Waals surface area contributed by atoms with Crippen molar-refractivity contribution in [1.29, 1.82) is 0 Å². The molecule has 0 saturated heterocycles. The van der Waals surface area contributed by atoms with E-state index in [1.54, 1.807) is 18.2 Å². The van der Waals surface area contributed by atoms with Crippen LogP contribution < -0.4 is 5.32 Å². The molecule has 0 radical (unpaired) electrons. The van der Waals surface area contributed by atoms with E-state index in [0.717, 1.165) is 18.5 Å². The molecule has 1 aromatic carbocycles. The monoisotopic (exact) mass is 259 g/mol. The number of rotatable bonds is 4. The lowest BCUT2D eigenvalue weighted by Crippen LogP contribution is -2.24. The number of benzene rings is 1. The maximum Gasteiger partial charge on any atom is 0.311 e. The minimum absolute atomic E-state index is 0.431. The largest absolute Gasteiger partial charge is 0.481 e. The Labute approximate surface area is 103 Å². The van der Waals surface area contributed by atoms with Gasteiger partial charge in [-0.1, -0.05) is 23.2 Å². The van der Waals surface area contributed by atoms with Gasteiger partial charge in [-0.15, -0.1) is 0 Å². The van der Waals surface area contributed by atoms with Crippen LogP contribution in [0.3, 0.4) is 0 Å². The lowest BCUT2D eigenvalue weighted by Gasteiger charge is -2.12. The highest BCUT2D eigenvalue weighted by Crippen LogP contribution is 2.45. The van der Waals surface area contributed by atoms with Crippen molar-refractivity contribution in [2.45, 2.75) is 12.8 Å². The summed E-state index contributed by atoms with van der Waals surface area (Å²) in [6.07, 6.45) is 1.47. The average Bonchev–Trinajstić information content (AvgIpc) is 3.01. The van der Waals surface area contributed by atoms with Crippen LogP contribution in [-0.4, -0.2) is 17.6 Å². The second-order valence-corrected chi connectivity index (χ2v) is 4.88. The lowest BCUT2D eigenvalue weighted by molar-refractivity contribution is -0.142. The van der Waals surface area contributed by atoms with Gasteiger partial charge in [-0.3, -0.25) is 4.79 Å². The van der Waals surface area contributed by atoms with Gasteiger partial charge in [-0.05, 0) is 31.0 Å². The molecular formula is C11H11Cl2NO2. The van der Waals surface area contributed by atoms with Crippen LogP contribution in [-0.2, 0) is 4.79 Å². The summed E-state index contributed by atoms with van der Waals surface area (Å²) in [6.45, 7) is 0.431. The van der Waals surface area contributed by atoms with Crippen molar-refractivity contribution in [3.63, 3.8) is 0 Å². The smallest absolute Gasteiger partial charge is 0.311 e. The average molecular weight is 260 g/mol. The second-order valence-electron chi connectivity index (χ2n) is 4.07. The number of hydrogen-bond acceptors (Lipinski definition) is 2. The quantitative estimate of drug-likeness (QED) is 0.873. The molecule has 0 aromatic heterocycles. The maximum atomic E-state index is 10.9. The number of nitrogens with one attached hydrogen (secondary N) is 1. The van der Waals surface area contributed by atoms with Crippen molar-refractivity contribution in [2.75, 3.05) is 11.9 Å². The van der Waals surface area contributed by atoms with Crippen molar-refractivity contribution in [3.05, 3.63) is 28.2 Å². The molecule has 5 heteroatoms. The van der Waals surface area contributed by atoms with Gasteiger partial charge >= 0.3 is 5.97 Å². The van der Waals surface area contributed by atoms with E-state index in [2.05, 4.69) is 5.32 Å². The van der Waals surface area contributed by atoms with Crippen molar-refractivity contribution in [2.24, 2.45) is 5.41 Å². The summed E-state index contributed by atoms with van der Waals surface area (Å²) < 4.78 is 0. The number of hydrogen-bond donors (Lipinski definition) is 2. The topological polar surface area (TPSA) is 49.3 Å².